The first-order chi connectivity index (χ1) is 12.4. The minimum atomic E-state index is -4.19. The Balaban J connectivity index is 3.49. The monoisotopic (exact) mass is 390 g/mol. The third kappa shape index (κ3) is 5.03. The number of carbonyl (C=O) groups excluding carboxylic acids is 3. The summed E-state index contributed by atoms with van der Waals surface area (Å²) in [5.74, 6) is -3.55. The molecule has 0 aliphatic carbocycles. The lowest BCUT2D eigenvalue weighted by atomic mass is 10.1. The van der Waals surface area contributed by atoms with Crippen LogP contribution in [0.4, 0.5) is 0 Å². The topological polar surface area (TPSA) is 118 Å². The zero-order valence-electron chi connectivity index (χ0n) is 15.2. The lowest BCUT2D eigenvalue weighted by molar-refractivity contribution is -0.153. The zero-order valence-corrected chi connectivity index (χ0v) is 16.1. The number of esters is 2. The van der Waals surface area contributed by atoms with Crippen molar-refractivity contribution < 1.29 is 41.9 Å². The molecule has 1 heterocycles. The van der Waals surface area contributed by atoms with Crippen molar-refractivity contribution in [2.45, 2.75) is 33.4 Å². The average Bonchev–Trinajstić information content (AvgIpc) is 3.05. The van der Waals surface area contributed by atoms with Crippen LogP contribution in [-0.4, -0.2) is 44.1 Å². The molecule has 0 aromatic carbocycles. The largest absolute Gasteiger partial charge is 0.467 e. The van der Waals surface area contributed by atoms with E-state index in [1.807, 2.05) is 0 Å². The van der Waals surface area contributed by atoms with Crippen LogP contribution in [0.2, 0.25) is 0 Å². The molecule has 0 spiro atoms. The first kappa shape index (κ1) is 22.1. The van der Waals surface area contributed by atoms with E-state index in [9.17, 15) is 18.9 Å². The summed E-state index contributed by atoms with van der Waals surface area (Å²) in [7, 11) is -4.19. The summed E-state index contributed by atoms with van der Waals surface area (Å²) in [6.45, 7) is 6.12. The van der Waals surface area contributed by atoms with Crippen molar-refractivity contribution in [2.75, 3.05) is 26.4 Å². The quantitative estimate of drug-likeness (QED) is 0.319. The minimum Gasteiger partial charge on any atom is -0.467 e. The van der Waals surface area contributed by atoms with Gasteiger partial charge in [-0.1, -0.05) is 0 Å². The van der Waals surface area contributed by atoms with E-state index in [0.717, 1.165) is 6.26 Å². The second kappa shape index (κ2) is 10.3. The Morgan fingerprint density at radius 2 is 1.58 bits per heavy atom. The van der Waals surface area contributed by atoms with Crippen LogP contribution in [0.3, 0.4) is 0 Å². The summed E-state index contributed by atoms with van der Waals surface area (Å²) in [6.07, 6.45) is 1.12. The number of hydrogen-bond acceptors (Lipinski definition) is 9. The van der Waals surface area contributed by atoms with Gasteiger partial charge in [0.1, 0.15) is 11.3 Å². The Labute approximate surface area is 151 Å². The minimum absolute atomic E-state index is 0.0562. The van der Waals surface area contributed by atoms with Crippen LogP contribution in [0.5, 0.6) is 0 Å². The van der Waals surface area contributed by atoms with Gasteiger partial charge in [0.2, 0.25) is 0 Å². The Bertz CT molecular complexity index is 669. The number of ether oxygens (including phenoxy) is 2. The van der Waals surface area contributed by atoms with Crippen molar-refractivity contribution >= 4 is 25.3 Å². The summed E-state index contributed by atoms with van der Waals surface area (Å²) in [6, 6.07) is 1.25. The predicted octanol–water partition coefficient (Wildman–Crippen LogP) is 2.90. The van der Waals surface area contributed by atoms with Crippen molar-refractivity contribution in [1.29, 1.82) is 0 Å². The summed E-state index contributed by atoms with van der Waals surface area (Å²) in [5.41, 5.74) is -1.93. The summed E-state index contributed by atoms with van der Waals surface area (Å²) >= 11 is 0. The van der Waals surface area contributed by atoms with Gasteiger partial charge in [-0.05, 0) is 33.8 Å². The van der Waals surface area contributed by atoms with E-state index in [-0.39, 0.29) is 37.8 Å². The van der Waals surface area contributed by atoms with E-state index in [2.05, 4.69) is 0 Å². The molecule has 9 nitrogen and oxygen atoms in total. The lowest BCUT2D eigenvalue weighted by Crippen LogP contribution is -2.27. The van der Waals surface area contributed by atoms with E-state index in [1.165, 1.54) is 13.0 Å². The lowest BCUT2D eigenvalue weighted by Gasteiger charge is -2.23. The van der Waals surface area contributed by atoms with Gasteiger partial charge in [0.25, 0.3) is 5.78 Å². The molecule has 0 amide bonds. The van der Waals surface area contributed by atoms with Crippen LogP contribution >= 0.6 is 7.60 Å². The van der Waals surface area contributed by atoms with E-state index >= 15 is 0 Å². The predicted molar refractivity (Wildman–Crippen MR) is 89.9 cm³/mol. The molecular formula is C16H23O9P. The maximum absolute atomic E-state index is 13.2. The van der Waals surface area contributed by atoms with Crippen LogP contribution in [0.1, 0.15) is 49.5 Å². The van der Waals surface area contributed by atoms with Crippen LogP contribution in [-0.2, 0) is 32.7 Å². The molecule has 0 bridgehead atoms. The standard InChI is InChI=1S/C16H23O9P/c1-5-21-15(18)11-9-10-23-13(11)14(12(17)16(19)22-6-2)26(20,24-7-3)25-8-4/h9-10,14H,5-8H2,1-4H3. The Morgan fingerprint density at radius 1 is 1.00 bits per heavy atom. The Kier molecular flexibility index (Phi) is 8.71. The number of rotatable bonds is 11. The van der Waals surface area contributed by atoms with Crippen LogP contribution in [0.15, 0.2) is 16.7 Å². The summed E-state index contributed by atoms with van der Waals surface area (Å²) < 4.78 is 38.4. The van der Waals surface area contributed by atoms with Gasteiger partial charge in [0, 0.05) is 0 Å². The highest BCUT2D eigenvalue weighted by Crippen LogP contribution is 2.62. The molecule has 0 saturated carbocycles. The molecular weight excluding hydrogens is 367 g/mol. The van der Waals surface area contributed by atoms with Crippen LogP contribution < -0.4 is 0 Å². The summed E-state index contributed by atoms with van der Waals surface area (Å²) in [4.78, 5) is 36.7. The maximum Gasteiger partial charge on any atom is 0.376 e. The first-order valence-electron chi connectivity index (χ1n) is 8.20. The Morgan fingerprint density at radius 3 is 2.08 bits per heavy atom. The fraction of sp³-hybridized carbons (Fsp3) is 0.562. The second-order valence-corrected chi connectivity index (χ2v) is 6.89. The van der Waals surface area contributed by atoms with Crippen molar-refractivity contribution in [1.82, 2.24) is 0 Å². The fourth-order valence-corrected chi connectivity index (χ4v) is 4.15. The highest BCUT2D eigenvalue weighted by atomic mass is 31.2. The van der Waals surface area contributed by atoms with E-state index in [4.69, 9.17) is 22.9 Å². The van der Waals surface area contributed by atoms with Gasteiger partial charge < -0.3 is 22.9 Å². The number of carbonyl (C=O) groups is 3. The van der Waals surface area contributed by atoms with Crippen molar-refractivity contribution in [2.24, 2.45) is 0 Å². The number of hydrogen-bond donors (Lipinski definition) is 0. The molecule has 1 rings (SSSR count). The molecule has 0 aliphatic heterocycles. The molecule has 0 aliphatic rings. The molecule has 0 radical (unpaired) electrons. The molecule has 1 atom stereocenters. The Hall–Kier alpha value is -1.96. The zero-order chi connectivity index (χ0) is 19.7. The van der Waals surface area contributed by atoms with Crippen molar-refractivity contribution in [3.63, 3.8) is 0 Å². The van der Waals surface area contributed by atoms with Gasteiger partial charge in [-0.15, -0.1) is 0 Å². The molecule has 146 valence electrons. The molecule has 1 unspecified atom stereocenters. The molecule has 26 heavy (non-hydrogen) atoms. The smallest absolute Gasteiger partial charge is 0.376 e. The molecule has 1 aromatic heterocycles. The van der Waals surface area contributed by atoms with Crippen molar-refractivity contribution in [3.05, 3.63) is 23.7 Å². The SMILES string of the molecule is CCOC(=O)C(=O)C(c1occc1C(=O)OCC)P(=O)(OCC)OCC. The summed E-state index contributed by atoms with van der Waals surface area (Å²) in [5, 5.41) is 0. The van der Waals surface area contributed by atoms with Crippen molar-refractivity contribution in [3.8, 4) is 0 Å². The van der Waals surface area contributed by atoms with Crippen LogP contribution in [0.25, 0.3) is 0 Å². The van der Waals surface area contributed by atoms with E-state index in [1.54, 1.807) is 20.8 Å². The number of ketones is 1. The van der Waals surface area contributed by atoms with Gasteiger partial charge in [0.05, 0.1) is 32.7 Å². The number of Topliss-reactive ketones (excluding diaryl/α,β-unsaturated/α-hetero) is 1. The first-order valence-corrected chi connectivity index (χ1v) is 9.81. The molecule has 0 fully saturated rings. The molecule has 10 heteroatoms. The van der Waals surface area contributed by atoms with Gasteiger partial charge in [0.15, 0.2) is 5.66 Å². The molecule has 1 aromatic rings. The van der Waals surface area contributed by atoms with Crippen LogP contribution in [0, 0.1) is 0 Å². The molecule has 0 saturated heterocycles. The second-order valence-electron chi connectivity index (χ2n) is 4.78. The highest BCUT2D eigenvalue weighted by molar-refractivity contribution is 7.55. The highest BCUT2D eigenvalue weighted by Gasteiger charge is 2.49. The number of furan rings is 1. The van der Waals surface area contributed by atoms with E-state index < -0.39 is 31.0 Å². The molecule has 0 N–H and O–H groups in total. The third-order valence-electron chi connectivity index (χ3n) is 3.10. The third-order valence-corrected chi connectivity index (χ3v) is 5.44. The van der Waals surface area contributed by atoms with Gasteiger partial charge >= 0.3 is 19.5 Å². The normalized spacial score (nSPS) is 12.5. The van der Waals surface area contributed by atoms with Gasteiger partial charge in [-0.3, -0.25) is 9.36 Å². The average molecular weight is 390 g/mol. The maximum atomic E-state index is 13.2. The fourth-order valence-electron chi connectivity index (χ4n) is 2.18. The van der Waals surface area contributed by atoms with Gasteiger partial charge in [-0.25, -0.2) is 9.59 Å². The van der Waals surface area contributed by atoms with E-state index in [0.29, 0.717) is 0 Å². The van der Waals surface area contributed by atoms with Gasteiger partial charge in [-0.2, -0.15) is 0 Å².